The standard InChI is InChI=1S/C15H11IO2/c16-10-9-15(17)12-5-4-8-14(11-12)18-13-6-2-1-3-7-13/h1-8,11,15,17H/t15-/m1/s1. The highest BCUT2D eigenvalue weighted by Crippen LogP contribution is 2.24. The van der Waals surface area contributed by atoms with Gasteiger partial charge in [0.05, 0.1) is 0 Å². The molecule has 0 fully saturated rings. The zero-order valence-electron chi connectivity index (χ0n) is 9.51. The van der Waals surface area contributed by atoms with Crippen molar-refractivity contribution in [2.45, 2.75) is 6.10 Å². The Bertz CT molecular complexity index is 570. The van der Waals surface area contributed by atoms with E-state index in [4.69, 9.17) is 4.74 Å². The number of rotatable bonds is 3. The van der Waals surface area contributed by atoms with Crippen LogP contribution in [0.15, 0.2) is 54.6 Å². The lowest BCUT2D eigenvalue weighted by atomic mass is 10.1. The van der Waals surface area contributed by atoms with Gasteiger partial charge in [-0.05, 0) is 33.8 Å². The maximum Gasteiger partial charge on any atom is 0.141 e. The van der Waals surface area contributed by atoms with E-state index in [1.165, 1.54) is 0 Å². The van der Waals surface area contributed by atoms with Gasteiger partial charge in [0.1, 0.15) is 17.6 Å². The molecular weight excluding hydrogens is 339 g/mol. The number of aliphatic hydroxyl groups excluding tert-OH is 1. The predicted octanol–water partition coefficient (Wildman–Crippen LogP) is 3.91. The van der Waals surface area contributed by atoms with Gasteiger partial charge in [0.25, 0.3) is 0 Å². The van der Waals surface area contributed by atoms with Crippen LogP contribution in [0.2, 0.25) is 0 Å². The summed E-state index contributed by atoms with van der Waals surface area (Å²) in [5.74, 6) is 4.15. The Morgan fingerprint density at radius 3 is 2.44 bits per heavy atom. The molecule has 90 valence electrons. The van der Waals surface area contributed by atoms with E-state index < -0.39 is 6.10 Å². The van der Waals surface area contributed by atoms with Crippen molar-refractivity contribution < 1.29 is 9.84 Å². The number of halogens is 1. The number of aliphatic hydroxyl groups is 1. The summed E-state index contributed by atoms with van der Waals surface area (Å²) in [7, 11) is 0. The van der Waals surface area contributed by atoms with Crippen LogP contribution >= 0.6 is 22.6 Å². The maximum absolute atomic E-state index is 9.78. The van der Waals surface area contributed by atoms with Crippen LogP contribution in [0.5, 0.6) is 11.5 Å². The molecule has 1 N–H and O–H groups in total. The van der Waals surface area contributed by atoms with Crippen LogP contribution in [0.25, 0.3) is 0 Å². The molecule has 0 aliphatic heterocycles. The Labute approximate surface area is 120 Å². The molecule has 18 heavy (non-hydrogen) atoms. The van der Waals surface area contributed by atoms with Crippen LogP contribution in [0.4, 0.5) is 0 Å². The molecule has 0 aliphatic carbocycles. The molecule has 3 heteroatoms. The summed E-state index contributed by atoms with van der Waals surface area (Å²) in [5.41, 5.74) is 0.729. The van der Waals surface area contributed by atoms with Crippen molar-refractivity contribution in [2.24, 2.45) is 0 Å². The van der Waals surface area contributed by atoms with Crippen molar-refractivity contribution in [2.75, 3.05) is 0 Å². The van der Waals surface area contributed by atoms with E-state index in [2.05, 4.69) is 9.85 Å². The van der Waals surface area contributed by atoms with Crippen molar-refractivity contribution in [1.29, 1.82) is 0 Å². The van der Waals surface area contributed by atoms with Crippen LogP contribution in [-0.2, 0) is 0 Å². The lowest BCUT2D eigenvalue weighted by Crippen LogP contribution is -1.94. The molecule has 2 aromatic rings. The van der Waals surface area contributed by atoms with Gasteiger partial charge in [-0.2, -0.15) is 0 Å². The lowest BCUT2D eigenvalue weighted by molar-refractivity contribution is 0.238. The highest BCUT2D eigenvalue weighted by Gasteiger charge is 2.05. The number of hydrogen-bond acceptors (Lipinski definition) is 2. The minimum atomic E-state index is -0.777. The zero-order chi connectivity index (χ0) is 12.8. The second-order valence-electron chi connectivity index (χ2n) is 3.63. The van der Waals surface area contributed by atoms with Gasteiger partial charge in [0.15, 0.2) is 0 Å². The van der Waals surface area contributed by atoms with Gasteiger partial charge in [-0.3, -0.25) is 0 Å². The molecular formula is C15H11IO2. The molecule has 0 spiro atoms. The van der Waals surface area contributed by atoms with Crippen LogP contribution in [0.3, 0.4) is 0 Å². The zero-order valence-corrected chi connectivity index (χ0v) is 11.7. The minimum absolute atomic E-state index is 0.688. The monoisotopic (exact) mass is 350 g/mol. The summed E-state index contributed by atoms with van der Waals surface area (Å²) >= 11 is 1.90. The third-order valence-electron chi connectivity index (χ3n) is 2.34. The molecule has 1 atom stereocenters. The summed E-state index contributed by atoms with van der Waals surface area (Å²) in [5, 5.41) is 9.78. The van der Waals surface area contributed by atoms with E-state index in [1.807, 2.05) is 71.1 Å². The second-order valence-corrected chi connectivity index (χ2v) is 4.17. The first-order chi connectivity index (χ1) is 8.79. The fourth-order valence-corrected chi connectivity index (χ4v) is 1.80. The normalized spacial score (nSPS) is 11.2. The molecule has 0 unspecified atom stereocenters. The average molecular weight is 350 g/mol. The minimum Gasteiger partial charge on any atom is -0.457 e. The summed E-state index contributed by atoms with van der Waals surface area (Å²) in [6.07, 6.45) is -0.777. The molecule has 2 nitrogen and oxygen atoms in total. The molecule has 0 radical (unpaired) electrons. The fourth-order valence-electron chi connectivity index (χ4n) is 1.51. The van der Waals surface area contributed by atoms with E-state index in [-0.39, 0.29) is 0 Å². The van der Waals surface area contributed by atoms with E-state index in [9.17, 15) is 5.11 Å². The van der Waals surface area contributed by atoms with Crippen LogP contribution in [-0.4, -0.2) is 5.11 Å². The number of para-hydroxylation sites is 1. The van der Waals surface area contributed by atoms with Crippen molar-refractivity contribution in [3.63, 3.8) is 0 Å². The first-order valence-corrected chi connectivity index (χ1v) is 6.49. The molecule has 0 bridgehead atoms. The summed E-state index contributed by atoms with van der Waals surface area (Å²) < 4.78 is 8.35. The number of ether oxygens (including phenoxy) is 1. The summed E-state index contributed by atoms with van der Waals surface area (Å²) in [6, 6.07) is 16.8. The summed E-state index contributed by atoms with van der Waals surface area (Å²) in [4.78, 5) is 0. The highest BCUT2D eigenvalue weighted by atomic mass is 127. The molecule has 2 rings (SSSR count). The molecule has 0 aromatic heterocycles. The van der Waals surface area contributed by atoms with Crippen molar-refractivity contribution >= 4 is 22.6 Å². The first kappa shape index (κ1) is 12.9. The third kappa shape index (κ3) is 3.49. The maximum atomic E-state index is 9.78. The van der Waals surface area contributed by atoms with Gasteiger partial charge in [-0.25, -0.2) is 0 Å². The van der Waals surface area contributed by atoms with E-state index in [0.717, 1.165) is 11.3 Å². The molecule has 0 amide bonds. The Kier molecular flexibility index (Phi) is 4.62. The Balaban J connectivity index is 2.19. The average Bonchev–Trinajstić information content (AvgIpc) is 2.40. The Morgan fingerprint density at radius 2 is 1.72 bits per heavy atom. The SMILES string of the molecule is O[C@H](C#CI)c1cccc(Oc2ccccc2)c1. The quantitative estimate of drug-likeness (QED) is 0.672. The smallest absolute Gasteiger partial charge is 0.141 e. The topological polar surface area (TPSA) is 29.5 Å². The van der Waals surface area contributed by atoms with Gasteiger partial charge in [-0.15, -0.1) is 0 Å². The van der Waals surface area contributed by atoms with Crippen molar-refractivity contribution in [3.8, 4) is 21.3 Å². The summed E-state index contributed by atoms with van der Waals surface area (Å²) in [6.45, 7) is 0. The van der Waals surface area contributed by atoms with E-state index in [1.54, 1.807) is 6.07 Å². The first-order valence-electron chi connectivity index (χ1n) is 5.41. The predicted molar refractivity (Wildman–Crippen MR) is 79.7 cm³/mol. The van der Waals surface area contributed by atoms with Crippen LogP contribution in [0.1, 0.15) is 11.7 Å². The van der Waals surface area contributed by atoms with Crippen LogP contribution in [0, 0.1) is 9.85 Å². The van der Waals surface area contributed by atoms with Crippen LogP contribution < -0.4 is 4.74 Å². The number of hydrogen-bond donors (Lipinski definition) is 1. The highest BCUT2D eigenvalue weighted by molar-refractivity contribution is 14.1. The van der Waals surface area contributed by atoms with Gasteiger partial charge >= 0.3 is 0 Å². The molecule has 2 aromatic carbocycles. The van der Waals surface area contributed by atoms with E-state index in [0.29, 0.717) is 5.75 Å². The third-order valence-corrected chi connectivity index (χ3v) is 2.66. The van der Waals surface area contributed by atoms with Gasteiger partial charge in [0, 0.05) is 22.6 Å². The van der Waals surface area contributed by atoms with Gasteiger partial charge in [0.2, 0.25) is 0 Å². The molecule has 0 heterocycles. The van der Waals surface area contributed by atoms with Crippen molar-refractivity contribution in [1.82, 2.24) is 0 Å². The molecule has 0 saturated carbocycles. The van der Waals surface area contributed by atoms with Crippen molar-refractivity contribution in [3.05, 3.63) is 60.2 Å². The second kappa shape index (κ2) is 6.43. The largest absolute Gasteiger partial charge is 0.457 e. The fraction of sp³-hybridized carbons (Fsp3) is 0.0667. The van der Waals surface area contributed by atoms with E-state index >= 15 is 0 Å². The Hall–Kier alpha value is -1.51. The Morgan fingerprint density at radius 1 is 1.00 bits per heavy atom. The number of benzene rings is 2. The lowest BCUT2D eigenvalue weighted by Gasteiger charge is -2.08. The molecule has 0 saturated heterocycles. The van der Waals surface area contributed by atoms with Gasteiger partial charge < -0.3 is 9.84 Å². The molecule has 0 aliphatic rings. The van der Waals surface area contributed by atoms with Gasteiger partial charge in [-0.1, -0.05) is 36.3 Å².